The normalized spacial score (nSPS) is 16.0. The molecule has 0 aliphatic carbocycles. The Bertz CT molecular complexity index is 1270. The molecule has 1 aromatic carbocycles. The summed E-state index contributed by atoms with van der Waals surface area (Å²) in [5.41, 5.74) is 2.24. The third kappa shape index (κ3) is 3.92. The van der Waals surface area contributed by atoms with Gasteiger partial charge in [0.25, 0.3) is 0 Å². The second kappa shape index (κ2) is 7.95. The highest BCUT2D eigenvalue weighted by molar-refractivity contribution is 6.35. The standard InChI is InChI=1S/C23H20F3N7/c1-13(15-4-3-5-17(8-15)23(24,25)26)30-20-19-9-18(16-10-27-12-28-11-16)21-29-6-7-33(21)22(19)32-14(2)31-20/h3-5,8-13H,6-7H2,1-2H3,(H,30,31,32). The van der Waals surface area contributed by atoms with Crippen LogP contribution in [0, 0.1) is 6.92 Å². The lowest BCUT2D eigenvalue weighted by molar-refractivity contribution is -0.137. The summed E-state index contributed by atoms with van der Waals surface area (Å²) in [7, 11) is 0. The Morgan fingerprint density at radius 1 is 1.12 bits per heavy atom. The first kappa shape index (κ1) is 21.0. The molecule has 1 atom stereocenters. The van der Waals surface area contributed by atoms with Crippen LogP contribution in [0.25, 0.3) is 11.6 Å². The summed E-state index contributed by atoms with van der Waals surface area (Å²) in [5, 5.41) is 3.30. The van der Waals surface area contributed by atoms with Gasteiger partial charge in [-0.05, 0) is 37.6 Å². The number of halogens is 3. The zero-order valence-electron chi connectivity index (χ0n) is 17.9. The van der Waals surface area contributed by atoms with E-state index in [1.165, 1.54) is 12.4 Å². The van der Waals surface area contributed by atoms with E-state index >= 15 is 0 Å². The number of aromatic nitrogens is 4. The maximum atomic E-state index is 13.2. The highest BCUT2D eigenvalue weighted by Gasteiger charge is 2.33. The van der Waals surface area contributed by atoms with Gasteiger partial charge in [-0.1, -0.05) is 12.1 Å². The lowest BCUT2D eigenvalue weighted by atomic mass is 9.99. The van der Waals surface area contributed by atoms with Crippen molar-refractivity contribution in [1.82, 2.24) is 19.9 Å². The van der Waals surface area contributed by atoms with Crippen LogP contribution in [0.15, 0.2) is 48.0 Å². The molecule has 0 saturated heterocycles. The molecule has 2 aromatic heterocycles. The van der Waals surface area contributed by atoms with Gasteiger partial charge in [0.1, 0.15) is 29.6 Å². The quantitative estimate of drug-likeness (QED) is 0.628. The number of aryl methyl sites for hydroxylation is 1. The Balaban J connectivity index is 1.57. The Kier molecular flexibility index (Phi) is 5.07. The summed E-state index contributed by atoms with van der Waals surface area (Å²) < 4.78 is 39.6. The summed E-state index contributed by atoms with van der Waals surface area (Å²) in [4.78, 5) is 24.1. The first-order valence-corrected chi connectivity index (χ1v) is 10.4. The van der Waals surface area contributed by atoms with Crippen LogP contribution in [-0.2, 0) is 6.18 Å². The monoisotopic (exact) mass is 451 g/mol. The fourth-order valence-electron chi connectivity index (χ4n) is 4.03. The molecule has 2 aliphatic heterocycles. The Morgan fingerprint density at radius 2 is 1.91 bits per heavy atom. The number of aliphatic imine (C=N–C) groups is 1. The second-order valence-corrected chi connectivity index (χ2v) is 7.89. The van der Waals surface area contributed by atoms with Crippen molar-refractivity contribution in [3.05, 3.63) is 71.1 Å². The molecule has 0 bridgehead atoms. The molecule has 1 N–H and O–H groups in total. The Hall–Kier alpha value is -3.82. The van der Waals surface area contributed by atoms with Crippen LogP contribution >= 0.6 is 0 Å². The zero-order valence-corrected chi connectivity index (χ0v) is 17.9. The van der Waals surface area contributed by atoms with Crippen molar-refractivity contribution in [1.29, 1.82) is 0 Å². The smallest absolute Gasteiger partial charge is 0.363 e. The second-order valence-electron chi connectivity index (χ2n) is 7.89. The SMILES string of the molecule is Cc1nc(NC(C)c2cccc(C(F)(F)F)c2)c2c(n1)N1CCN=C1C(c1cncnc1)=C2. The lowest BCUT2D eigenvalue weighted by Gasteiger charge is -2.29. The van der Waals surface area contributed by atoms with Crippen molar-refractivity contribution in [3.8, 4) is 0 Å². The summed E-state index contributed by atoms with van der Waals surface area (Å²) in [6.07, 6.45) is 2.44. The Morgan fingerprint density at radius 3 is 2.67 bits per heavy atom. The largest absolute Gasteiger partial charge is 0.416 e. The maximum absolute atomic E-state index is 13.2. The first-order valence-electron chi connectivity index (χ1n) is 10.4. The molecule has 4 heterocycles. The van der Waals surface area contributed by atoms with Crippen molar-refractivity contribution >= 4 is 29.1 Å². The number of rotatable bonds is 4. The van der Waals surface area contributed by atoms with Gasteiger partial charge in [0, 0.05) is 36.1 Å². The number of nitrogens with one attached hydrogen (secondary N) is 1. The van der Waals surface area contributed by atoms with Gasteiger partial charge in [0.2, 0.25) is 0 Å². The molecule has 33 heavy (non-hydrogen) atoms. The third-order valence-electron chi connectivity index (χ3n) is 5.60. The van der Waals surface area contributed by atoms with E-state index in [1.54, 1.807) is 32.3 Å². The Labute approximate surface area is 188 Å². The van der Waals surface area contributed by atoms with Crippen LogP contribution < -0.4 is 10.2 Å². The lowest BCUT2D eigenvalue weighted by Crippen LogP contribution is -2.33. The van der Waals surface area contributed by atoms with Crippen LogP contribution in [-0.4, -0.2) is 38.9 Å². The van der Waals surface area contributed by atoms with E-state index in [0.29, 0.717) is 30.3 Å². The molecule has 0 amide bonds. The number of amidine groups is 1. The van der Waals surface area contributed by atoms with E-state index in [2.05, 4.69) is 30.2 Å². The predicted octanol–water partition coefficient (Wildman–Crippen LogP) is 4.54. The average molecular weight is 451 g/mol. The molecule has 10 heteroatoms. The average Bonchev–Trinajstić information content (AvgIpc) is 3.29. The minimum absolute atomic E-state index is 0.420. The van der Waals surface area contributed by atoms with Crippen LogP contribution in [0.3, 0.4) is 0 Å². The highest BCUT2D eigenvalue weighted by atomic mass is 19.4. The molecule has 2 aliphatic rings. The first-order chi connectivity index (χ1) is 15.8. The maximum Gasteiger partial charge on any atom is 0.416 e. The molecule has 0 spiro atoms. The molecule has 168 valence electrons. The predicted molar refractivity (Wildman–Crippen MR) is 120 cm³/mol. The van der Waals surface area contributed by atoms with Gasteiger partial charge in [-0.25, -0.2) is 19.9 Å². The van der Waals surface area contributed by atoms with Crippen LogP contribution in [0.2, 0.25) is 0 Å². The van der Waals surface area contributed by atoms with Gasteiger partial charge >= 0.3 is 6.18 Å². The fraction of sp³-hybridized carbons (Fsp3) is 0.261. The van der Waals surface area contributed by atoms with Crippen molar-refractivity contribution in [2.24, 2.45) is 4.99 Å². The van der Waals surface area contributed by atoms with E-state index in [0.717, 1.165) is 40.5 Å². The van der Waals surface area contributed by atoms with E-state index in [4.69, 9.17) is 0 Å². The van der Waals surface area contributed by atoms with Crippen molar-refractivity contribution in [3.63, 3.8) is 0 Å². The zero-order chi connectivity index (χ0) is 23.2. The molecule has 0 saturated carbocycles. The van der Waals surface area contributed by atoms with E-state index in [9.17, 15) is 13.2 Å². The molecular formula is C23H20F3N7. The van der Waals surface area contributed by atoms with Gasteiger partial charge in [-0.15, -0.1) is 0 Å². The van der Waals surface area contributed by atoms with Crippen molar-refractivity contribution in [2.45, 2.75) is 26.1 Å². The van der Waals surface area contributed by atoms with Crippen LogP contribution in [0.1, 0.15) is 41.0 Å². The number of anilines is 2. The van der Waals surface area contributed by atoms with Gasteiger partial charge in [0.15, 0.2) is 0 Å². The molecule has 0 fully saturated rings. The number of hydrogen-bond donors (Lipinski definition) is 1. The molecule has 7 nitrogen and oxygen atoms in total. The van der Waals surface area contributed by atoms with Crippen molar-refractivity contribution < 1.29 is 13.2 Å². The van der Waals surface area contributed by atoms with Gasteiger partial charge < -0.3 is 10.2 Å². The van der Waals surface area contributed by atoms with E-state index in [1.807, 2.05) is 11.0 Å². The van der Waals surface area contributed by atoms with Gasteiger partial charge in [0.05, 0.1) is 17.7 Å². The summed E-state index contributed by atoms with van der Waals surface area (Å²) >= 11 is 0. The number of fused-ring (bicyclic) bond motifs is 3. The minimum atomic E-state index is -4.40. The number of hydrogen-bond acceptors (Lipinski definition) is 7. The van der Waals surface area contributed by atoms with E-state index < -0.39 is 17.8 Å². The van der Waals surface area contributed by atoms with Gasteiger partial charge in [-0.3, -0.25) is 4.99 Å². The topological polar surface area (TPSA) is 79.2 Å². The number of benzene rings is 1. The van der Waals surface area contributed by atoms with Crippen LogP contribution in [0.4, 0.5) is 24.8 Å². The van der Waals surface area contributed by atoms with E-state index in [-0.39, 0.29) is 0 Å². The van der Waals surface area contributed by atoms with Crippen molar-refractivity contribution in [2.75, 3.05) is 23.3 Å². The molecule has 1 unspecified atom stereocenters. The molecule has 3 aromatic rings. The molecule has 0 radical (unpaired) electrons. The highest BCUT2D eigenvalue weighted by Crippen LogP contribution is 2.39. The minimum Gasteiger partial charge on any atom is -0.363 e. The summed E-state index contributed by atoms with van der Waals surface area (Å²) in [6.45, 7) is 4.90. The number of nitrogens with zero attached hydrogens (tertiary/aromatic N) is 6. The number of alkyl halides is 3. The summed E-state index contributed by atoms with van der Waals surface area (Å²) in [5.74, 6) is 2.62. The summed E-state index contributed by atoms with van der Waals surface area (Å²) in [6, 6.07) is 4.89. The molecular weight excluding hydrogens is 431 g/mol. The van der Waals surface area contributed by atoms with Gasteiger partial charge in [-0.2, -0.15) is 13.2 Å². The third-order valence-corrected chi connectivity index (χ3v) is 5.60. The van der Waals surface area contributed by atoms with Crippen LogP contribution in [0.5, 0.6) is 0 Å². The molecule has 5 rings (SSSR count). The fourth-order valence-corrected chi connectivity index (χ4v) is 4.03.